The summed E-state index contributed by atoms with van der Waals surface area (Å²) in [6.45, 7) is 8.49. The molecule has 3 heterocycles. The number of piperazine rings is 2. The fourth-order valence-corrected chi connectivity index (χ4v) is 3.13. The second-order valence-electron chi connectivity index (χ2n) is 6.08. The zero-order valence-corrected chi connectivity index (χ0v) is 13.4. The summed E-state index contributed by atoms with van der Waals surface area (Å²) in [5, 5.41) is 7.51. The van der Waals surface area contributed by atoms with E-state index in [0.717, 1.165) is 58.9 Å². The average Bonchev–Trinajstić information content (AvgIpc) is 3.00. The van der Waals surface area contributed by atoms with Gasteiger partial charge in [0.15, 0.2) is 0 Å². The molecular formula is C15H26N6O. The van der Waals surface area contributed by atoms with Crippen molar-refractivity contribution in [3.63, 3.8) is 0 Å². The van der Waals surface area contributed by atoms with E-state index in [4.69, 9.17) is 0 Å². The maximum absolute atomic E-state index is 12.2. The van der Waals surface area contributed by atoms with Crippen molar-refractivity contribution in [1.82, 2.24) is 24.9 Å². The predicted octanol–water partition coefficient (Wildman–Crippen LogP) is -0.636. The van der Waals surface area contributed by atoms with Gasteiger partial charge < -0.3 is 15.1 Å². The van der Waals surface area contributed by atoms with Gasteiger partial charge in [0.1, 0.15) is 0 Å². The molecule has 0 unspecified atom stereocenters. The molecular weight excluding hydrogens is 280 g/mol. The molecule has 2 aliphatic heterocycles. The molecule has 7 nitrogen and oxygen atoms in total. The molecule has 122 valence electrons. The molecule has 0 aliphatic carbocycles. The largest absolute Gasteiger partial charge is 0.366 e. The molecule has 0 bridgehead atoms. The van der Waals surface area contributed by atoms with Crippen molar-refractivity contribution in [1.29, 1.82) is 0 Å². The Kier molecular flexibility index (Phi) is 4.94. The van der Waals surface area contributed by atoms with Gasteiger partial charge in [-0.25, -0.2) is 0 Å². The molecule has 1 aromatic rings. The predicted molar refractivity (Wildman–Crippen MR) is 85.9 cm³/mol. The van der Waals surface area contributed by atoms with Crippen LogP contribution in [0.5, 0.6) is 0 Å². The topological polar surface area (TPSA) is 56.6 Å². The van der Waals surface area contributed by atoms with Gasteiger partial charge in [0.05, 0.1) is 11.9 Å². The Morgan fingerprint density at radius 1 is 1.18 bits per heavy atom. The maximum atomic E-state index is 12.2. The molecule has 2 fully saturated rings. The highest BCUT2D eigenvalue weighted by Gasteiger charge is 2.20. The molecule has 2 saturated heterocycles. The van der Waals surface area contributed by atoms with Crippen LogP contribution in [0.25, 0.3) is 0 Å². The van der Waals surface area contributed by atoms with Gasteiger partial charge in [0.25, 0.3) is 0 Å². The summed E-state index contributed by atoms with van der Waals surface area (Å²) in [4.78, 5) is 18.9. The maximum Gasteiger partial charge on any atom is 0.223 e. The van der Waals surface area contributed by atoms with Gasteiger partial charge in [-0.3, -0.25) is 14.4 Å². The van der Waals surface area contributed by atoms with E-state index in [1.165, 1.54) is 5.69 Å². The van der Waals surface area contributed by atoms with E-state index >= 15 is 0 Å². The lowest BCUT2D eigenvalue weighted by Crippen LogP contribution is -2.49. The molecule has 1 amide bonds. The second-order valence-corrected chi connectivity index (χ2v) is 6.08. The first-order chi connectivity index (χ1) is 10.7. The van der Waals surface area contributed by atoms with E-state index in [-0.39, 0.29) is 0 Å². The van der Waals surface area contributed by atoms with Crippen molar-refractivity contribution in [2.75, 3.05) is 63.8 Å². The van der Waals surface area contributed by atoms with Gasteiger partial charge in [-0.05, 0) is 0 Å². The van der Waals surface area contributed by atoms with E-state index in [9.17, 15) is 4.79 Å². The third-order valence-electron chi connectivity index (χ3n) is 4.54. The first-order valence-electron chi connectivity index (χ1n) is 8.17. The molecule has 0 spiro atoms. The van der Waals surface area contributed by atoms with Gasteiger partial charge in [-0.2, -0.15) is 5.10 Å². The monoisotopic (exact) mass is 306 g/mol. The highest BCUT2D eigenvalue weighted by molar-refractivity contribution is 5.76. The van der Waals surface area contributed by atoms with Crippen LogP contribution in [0.3, 0.4) is 0 Å². The number of carbonyl (C=O) groups is 1. The minimum absolute atomic E-state index is 0.302. The summed E-state index contributed by atoms with van der Waals surface area (Å²) >= 11 is 0. The fourth-order valence-electron chi connectivity index (χ4n) is 3.13. The van der Waals surface area contributed by atoms with Gasteiger partial charge >= 0.3 is 0 Å². The van der Waals surface area contributed by atoms with Crippen molar-refractivity contribution in [3.05, 3.63) is 12.4 Å². The van der Waals surface area contributed by atoms with Gasteiger partial charge in [-0.15, -0.1) is 0 Å². The fraction of sp³-hybridized carbons (Fsp3) is 0.733. The first kappa shape index (κ1) is 15.3. The van der Waals surface area contributed by atoms with Crippen LogP contribution in [0, 0.1) is 0 Å². The van der Waals surface area contributed by atoms with Crippen LogP contribution in [0.4, 0.5) is 5.69 Å². The van der Waals surface area contributed by atoms with Crippen LogP contribution >= 0.6 is 0 Å². The SMILES string of the molecule is Cn1cc(N2CCN(CCC(=O)N3CCNCC3)CC2)cn1. The van der Waals surface area contributed by atoms with Crippen LogP contribution in [-0.4, -0.2) is 84.4 Å². The number of anilines is 1. The molecule has 1 aromatic heterocycles. The van der Waals surface area contributed by atoms with E-state index in [2.05, 4.69) is 26.4 Å². The minimum atomic E-state index is 0.302. The van der Waals surface area contributed by atoms with Crippen LogP contribution in [0.2, 0.25) is 0 Å². The lowest BCUT2D eigenvalue weighted by atomic mass is 10.2. The number of aromatic nitrogens is 2. The van der Waals surface area contributed by atoms with Crippen molar-refractivity contribution in [2.24, 2.45) is 7.05 Å². The number of carbonyl (C=O) groups excluding carboxylic acids is 1. The summed E-state index contributed by atoms with van der Waals surface area (Å²) in [5.41, 5.74) is 1.19. The number of nitrogens with one attached hydrogen (secondary N) is 1. The number of nitrogens with zero attached hydrogens (tertiary/aromatic N) is 5. The minimum Gasteiger partial charge on any atom is -0.366 e. The van der Waals surface area contributed by atoms with Gasteiger partial charge in [0.2, 0.25) is 5.91 Å². The third-order valence-corrected chi connectivity index (χ3v) is 4.54. The van der Waals surface area contributed by atoms with E-state index < -0.39 is 0 Å². The van der Waals surface area contributed by atoms with E-state index in [0.29, 0.717) is 12.3 Å². The van der Waals surface area contributed by atoms with Gasteiger partial charge in [0, 0.05) is 78.6 Å². The number of rotatable bonds is 4. The van der Waals surface area contributed by atoms with Crippen LogP contribution in [0.1, 0.15) is 6.42 Å². The molecule has 0 aromatic carbocycles. The molecule has 0 atom stereocenters. The molecule has 7 heteroatoms. The molecule has 0 saturated carbocycles. The first-order valence-corrected chi connectivity index (χ1v) is 8.17. The smallest absolute Gasteiger partial charge is 0.223 e. The van der Waals surface area contributed by atoms with Gasteiger partial charge in [-0.1, -0.05) is 0 Å². The van der Waals surface area contributed by atoms with Crippen molar-refractivity contribution < 1.29 is 4.79 Å². The molecule has 22 heavy (non-hydrogen) atoms. The number of amides is 1. The summed E-state index contributed by atoms with van der Waals surface area (Å²) in [7, 11) is 1.95. The van der Waals surface area contributed by atoms with E-state index in [1.807, 2.05) is 22.8 Å². The van der Waals surface area contributed by atoms with Crippen molar-refractivity contribution in [2.45, 2.75) is 6.42 Å². The highest BCUT2D eigenvalue weighted by atomic mass is 16.2. The Hall–Kier alpha value is -1.60. The summed E-state index contributed by atoms with van der Waals surface area (Å²) in [5.74, 6) is 0.302. The molecule has 3 rings (SSSR count). The van der Waals surface area contributed by atoms with Crippen molar-refractivity contribution >= 4 is 11.6 Å². The zero-order chi connectivity index (χ0) is 15.4. The Balaban J connectivity index is 1.39. The highest BCUT2D eigenvalue weighted by Crippen LogP contribution is 2.15. The number of aryl methyl sites for hydroxylation is 1. The Labute approximate surface area is 131 Å². The lowest BCUT2D eigenvalue weighted by molar-refractivity contribution is -0.132. The van der Waals surface area contributed by atoms with Crippen LogP contribution in [0.15, 0.2) is 12.4 Å². The van der Waals surface area contributed by atoms with Crippen molar-refractivity contribution in [3.8, 4) is 0 Å². The summed E-state index contributed by atoms with van der Waals surface area (Å²) in [6, 6.07) is 0. The second kappa shape index (κ2) is 7.11. The standard InChI is InChI=1S/C15H26N6O/c1-18-13-14(12-17-18)20-10-8-19(9-11-20)5-2-15(22)21-6-3-16-4-7-21/h12-13,16H,2-11H2,1H3. The Morgan fingerprint density at radius 3 is 2.55 bits per heavy atom. The number of hydrogen-bond donors (Lipinski definition) is 1. The van der Waals surface area contributed by atoms with Crippen LogP contribution < -0.4 is 10.2 Å². The molecule has 0 radical (unpaired) electrons. The van der Waals surface area contributed by atoms with Crippen LogP contribution in [-0.2, 0) is 11.8 Å². The molecule has 2 aliphatic rings. The average molecular weight is 306 g/mol. The number of hydrogen-bond acceptors (Lipinski definition) is 5. The van der Waals surface area contributed by atoms with E-state index in [1.54, 1.807) is 0 Å². The Bertz CT molecular complexity index is 488. The molecule has 1 N–H and O–H groups in total. The third kappa shape index (κ3) is 3.78. The quantitative estimate of drug-likeness (QED) is 0.802. The normalized spacial score (nSPS) is 20.4. The zero-order valence-electron chi connectivity index (χ0n) is 13.4. The summed E-state index contributed by atoms with van der Waals surface area (Å²) < 4.78 is 1.84. The lowest BCUT2D eigenvalue weighted by Gasteiger charge is -2.35. The Morgan fingerprint density at radius 2 is 1.91 bits per heavy atom. The summed E-state index contributed by atoms with van der Waals surface area (Å²) in [6.07, 6.45) is 4.63.